The highest BCUT2D eigenvalue weighted by molar-refractivity contribution is 5.95. The Morgan fingerprint density at radius 3 is 2.72 bits per heavy atom. The molecular weight excluding hydrogens is 306 g/mol. The molecule has 1 heterocycles. The van der Waals surface area contributed by atoms with E-state index in [0.29, 0.717) is 5.92 Å². The fraction of sp³-hybridized carbons (Fsp3) is 0.545. The van der Waals surface area contributed by atoms with Crippen molar-refractivity contribution in [2.45, 2.75) is 46.0 Å². The van der Waals surface area contributed by atoms with Crippen molar-refractivity contribution in [2.75, 3.05) is 26.7 Å². The first kappa shape index (κ1) is 19.4. The van der Waals surface area contributed by atoms with Crippen molar-refractivity contribution in [1.82, 2.24) is 4.90 Å². The number of nitrogens with zero attached hydrogens (tertiary/aromatic N) is 3. The quantitative estimate of drug-likeness (QED) is 0.546. The standard InChI is InChI=1S/C22H33N3/c1-5-14-23-21(17-19(3)20-11-7-6-8-12-20)18(2)10-9-13-22-24-15-16-25(22)4/h6-8,11-12,18H,3,5,9-10,13-17H2,1-2,4H3. The Bertz CT molecular complexity index is 601. The summed E-state index contributed by atoms with van der Waals surface area (Å²) in [5, 5.41) is 0. The van der Waals surface area contributed by atoms with E-state index in [2.05, 4.69) is 61.6 Å². The zero-order chi connectivity index (χ0) is 18.1. The summed E-state index contributed by atoms with van der Waals surface area (Å²) in [4.78, 5) is 11.8. The highest BCUT2D eigenvalue weighted by Gasteiger charge is 2.15. The zero-order valence-electron chi connectivity index (χ0n) is 16.2. The molecule has 0 aromatic heterocycles. The van der Waals surface area contributed by atoms with Gasteiger partial charge in [0.25, 0.3) is 0 Å². The van der Waals surface area contributed by atoms with E-state index in [0.717, 1.165) is 45.3 Å². The number of hydrogen-bond acceptors (Lipinski definition) is 3. The SMILES string of the molecule is C=C(CC(=NCCC)C(C)CCCC1=NCCN1C)c1ccccc1. The Labute approximate surface area is 153 Å². The van der Waals surface area contributed by atoms with Gasteiger partial charge in [0, 0.05) is 38.7 Å². The van der Waals surface area contributed by atoms with Gasteiger partial charge >= 0.3 is 0 Å². The number of benzene rings is 1. The van der Waals surface area contributed by atoms with E-state index in [4.69, 9.17) is 4.99 Å². The lowest BCUT2D eigenvalue weighted by atomic mass is 9.91. The summed E-state index contributed by atoms with van der Waals surface area (Å²) in [6.45, 7) is 11.7. The van der Waals surface area contributed by atoms with Crippen LogP contribution in [0.5, 0.6) is 0 Å². The molecule has 3 nitrogen and oxygen atoms in total. The van der Waals surface area contributed by atoms with Gasteiger partial charge in [0.2, 0.25) is 0 Å². The highest BCUT2D eigenvalue weighted by Crippen LogP contribution is 2.22. The molecule has 1 aromatic carbocycles. The van der Waals surface area contributed by atoms with Crippen LogP contribution in [-0.2, 0) is 0 Å². The number of aliphatic imine (C=N–C) groups is 2. The van der Waals surface area contributed by atoms with Crippen molar-refractivity contribution >= 4 is 17.1 Å². The molecule has 136 valence electrons. The van der Waals surface area contributed by atoms with E-state index < -0.39 is 0 Å². The third-order valence-electron chi connectivity index (χ3n) is 4.89. The van der Waals surface area contributed by atoms with Crippen LogP contribution >= 0.6 is 0 Å². The van der Waals surface area contributed by atoms with Crippen LogP contribution in [-0.4, -0.2) is 43.1 Å². The third kappa shape index (κ3) is 6.15. The van der Waals surface area contributed by atoms with E-state index in [9.17, 15) is 0 Å². The molecule has 3 heteroatoms. The molecule has 1 unspecified atom stereocenters. The molecule has 2 rings (SSSR count). The average molecular weight is 340 g/mol. The van der Waals surface area contributed by atoms with Gasteiger partial charge in [0.1, 0.15) is 0 Å². The van der Waals surface area contributed by atoms with Gasteiger partial charge in [-0.15, -0.1) is 0 Å². The van der Waals surface area contributed by atoms with E-state index in [1.807, 2.05) is 6.07 Å². The lowest BCUT2D eigenvalue weighted by molar-refractivity contribution is 0.534. The maximum atomic E-state index is 4.89. The van der Waals surface area contributed by atoms with Gasteiger partial charge in [-0.2, -0.15) is 0 Å². The van der Waals surface area contributed by atoms with Gasteiger partial charge < -0.3 is 4.90 Å². The van der Waals surface area contributed by atoms with Crippen LogP contribution in [0.2, 0.25) is 0 Å². The molecule has 0 N–H and O–H groups in total. The number of amidine groups is 1. The van der Waals surface area contributed by atoms with Crippen LogP contribution in [0, 0.1) is 5.92 Å². The summed E-state index contributed by atoms with van der Waals surface area (Å²) < 4.78 is 0. The minimum atomic E-state index is 0.499. The third-order valence-corrected chi connectivity index (χ3v) is 4.89. The van der Waals surface area contributed by atoms with E-state index in [1.165, 1.54) is 29.1 Å². The van der Waals surface area contributed by atoms with E-state index in [-0.39, 0.29) is 0 Å². The van der Waals surface area contributed by atoms with Crippen molar-refractivity contribution in [3.63, 3.8) is 0 Å². The Morgan fingerprint density at radius 2 is 2.08 bits per heavy atom. The van der Waals surface area contributed by atoms with Crippen LogP contribution in [0.4, 0.5) is 0 Å². The molecule has 1 aliphatic heterocycles. The first-order chi connectivity index (χ1) is 12.1. The Kier molecular flexibility index (Phi) is 7.90. The predicted molar refractivity (Wildman–Crippen MR) is 111 cm³/mol. The molecule has 1 aliphatic rings. The number of likely N-dealkylation sites (N-methyl/N-ethyl adjacent to an activating group) is 1. The van der Waals surface area contributed by atoms with Crippen LogP contribution in [0.15, 0.2) is 46.9 Å². The van der Waals surface area contributed by atoms with Crippen molar-refractivity contribution < 1.29 is 0 Å². The largest absolute Gasteiger partial charge is 0.362 e. The second-order valence-corrected chi connectivity index (χ2v) is 7.03. The average Bonchev–Trinajstić information content (AvgIpc) is 3.04. The topological polar surface area (TPSA) is 28.0 Å². The molecule has 0 saturated carbocycles. The molecule has 0 spiro atoms. The maximum Gasteiger partial charge on any atom is 0.0987 e. The first-order valence-corrected chi connectivity index (χ1v) is 9.62. The molecule has 0 fully saturated rings. The number of allylic oxidation sites excluding steroid dienone is 1. The summed E-state index contributed by atoms with van der Waals surface area (Å²) in [7, 11) is 2.15. The van der Waals surface area contributed by atoms with Crippen molar-refractivity contribution in [3.05, 3.63) is 42.5 Å². The molecule has 1 aromatic rings. The summed E-state index contributed by atoms with van der Waals surface area (Å²) >= 11 is 0. The van der Waals surface area contributed by atoms with Gasteiger partial charge in [-0.05, 0) is 36.3 Å². The van der Waals surface area contributed by atoms with Crippen LogP contribution in [0.3, 0.4) is 0 Å². The normalized spacial score (nSPS) is 16.0. The first-order valence-electron chi connectivity index (χ1n) is 9.62. The lowest BCUT2D eigenvalue weighted by Gasteiger charge is -2.18. The van der Waals surface area contributed by atoms with Gasteiger partial charge in [-0.3, -0.25) is 9.98 Å². The van der Waals surface area contributed by atoms with Crippen LogP contribution in [0.1, 0.15) is 51.5 Å². The molecule has 25 heavy (non-hydrogen) atoms. The van der Waals surface area contributed by atoms with Gasteiger partial charge in [0.05, 0.1) is 12.4 Å². The summed E-state index contributed by atoms with van der Waals surface area (Å²) in [6, 6.07) is 10.5. The van der Waals surface area contributed by atoms with Crippen LogP contribution in [0.25, 0.3) is 5.57 Å². The smallest absolute Gasteiger partial charge is 0.0987 e. The minimum absolute atomic E-state index is 0.499. The maximum absolute atomic E-state index is 4.89. The fourth-order valence-corrected chi connectivity index (χ4v) is 3.22. The second kappa shape index (κ2) is 10.2. The molecule has 0 radical (unpaired) electrons. The lowest BCUT2D eigenvalue weighted by Crippen LogP contribution is -2.22. The summed E-state index contributed by atoms with van der Waals surface area (Å²) in [6.07, 6.45) is 5.40. The Balaban J connectivity index is 1.90. The molecule has 1 atom stereocenters. The predicted octanol–water partition coefficient (Wildman–Crippen LogP) is 5.09. The highest BCUT2D eigenvalue weighted by atomic mass is 15.2. The molecular formula is C22H33N3. The van der Waals surface area contributed by atoms with E-state index in [1.54, 1.807) is 0 Å². The van der Waals surface area contributed by atoms with Gasteiger partial charge in [-0.1, -0.05) is 50.8 Å². The van der Waals surface area contributed by atoms with E-state index >= 15 is 0 Å². The molecule has 0 saturated heterocycles. The van der Waals surface area contributed by atoms with Crippen LogP contribution < -0.4 is 0 Å². The fourth-order valence-electron chi connectivity index (χ4n) is 3.22. The summed E-state index contributed by atoms with van der Waals surface area (Å²) in [5.41, 5.74) is 3.69. The number of rotatable bonds is 10. The second-order valence-electron chi connectivity index (χ2n) is 7.03. The van der Waals surface area contributed by atoms with Gasteiger partial charge in [-0.25, -0.2) is 0 Å². The number of hydrogen-bond donors (Lipinski definition) is 0. The Hall–Kier alpha value is -1.90. The Morgan fingerprint density at radius 1 is 1.32 bits per heavy atom. The molecule has 0 bridgehead atoms. The van der Waals surface area contributed by atoms with Crippen molar-refractivity contribution in [1.29, 1.82) is 0 Å². The van der Waals surface area contributed by atoms with Gasteiger partial charge in [0.15, 0.2) is 0 Å². The molecule has 0 amide bonds. The zero-order valence-corrected chi connectivity index (χ0v) is 16.2. The summed E-state index contributed by atoms with van der Waals surface area (Å²) in [5.74, 6) is 1.77. The minimum Gasteiger partial charge on any atom is -0.362 e. The van der Waals surface area contributed by atoms with Crippen molar-refractivity contribution in [2.24, 2.45) is 15.9 Å². The monoisotopic (exact) mass is 339 g/mol. The van der Waals surface area contributed by atoms with Crippen molar-refractivity contribution in [3.8, 4) is 0 Å². The molecule has 0 aliphatic carbocycles.